The molecule has 0 aliphatic heterocycles. The Bertz CT molecular complexity index is 1200. The highest BCUT2D eigenvalue weighted by molar-refractivity contribution is 5.98. The normalized spacial score (nSPS) is 14.2. The Kier molecular flexibility index (Phi) is 6.90. The molecule has 8 nitrogen and oxygen atoms in total. The largest absolute Gasteiger partial charge is 0.494 e. The molecule has 0 fully saturated rings. The van der Waals surface area contributed by atoms with Crippen molar-refractivity contribution >= 4 is 16.8 Å². The van der Waals surface area contributed by atoms with Crippen molar-refractivity contribution in [1.29, 1.82) is 0 Å². The Balaban J connectivity index is 2.14. The molecule has 0 aliphatic carbocycles. The summed E-state index contributed by atoms with van der Waals surface area (Å²) in [5.41, 5.74) is 4.70. The molecule has 34 heavy (non-hydrogen) atoms. The third kappa shape index (κ3) is 5.00. The number of amides is 1. The standard InChI is InChI=1S/C23H27F3N4O4/c1-11(27)19-18(20(32)29-16(10-31)22(2,3)4)30-21(34-19)13-6-8-14(33-5)17-12(13)7-9-15(28-17)23(24,25)26/h6-9,11,16,31H,10,27H2,1-5H3,(H,29,32)/t11-,16+/m0/s1. The van der Waals surface area contributed by atoms with Gasteiger partial charge in [0.2, 0.25) is 5.89 Å². The zero-order chi connectivity index (χ0) is 25.4. The van der Waals surface area contributed by atoms with Gasteiger partial charge in [0, 0.05) is 10.9 Å². The van der Waals surface area contributed by atoms with E-state index in [1.54, 1.807) is 13.0 Å². The summed E-state index contributed by atoms with van der Waals surface area (Å²) in [4.78, 5) is 21.0. The van der Waals surface area contributed by atoms with Gasteiger partial charge in [0.15, 0.2) is 11.5 Å². The van der Waals surface area contributed by atoms with Crippen LogP contribution in [0.1, 0.15) is 55.7 Å². The summed E-state index contributed by atoms with van der Waals surface area (Å²) in [7, 11) is 1.32. The van der Waals surface area contributed by atoms with Gasteiger partial charge >= 0.3 is 6.18 Å². The van der Waals surface area contributed by atoms with Crippen molar-refractivity contribution < 1.29 is 32.2 Å². The monoisotopic (exact) mass is 480 g/mol. The minimum absolute atomic E-state index is 0.0111. The Hall–Kier alpha value is -3.18. The van der Waals surface area contributed by atoms with Crippen molar-refractivity contribution in [3.05, 3.63) is 41.4 Å². The fourth-order valence-corrected chi connectivity index (χ4v) is 3.38. The number of carbonyl (C=O) groups excluding carboxylic acids is 1. The van der Waals surface area contributed by atoms with Gasteiger partial charge < -0.3 is 25.3 Å². The number of methoxy groups -OCH3 is 1. The summed E-state index contributed by atoms with van der Waals surface area (Å²) in [5, 5.41) is 12.7. The van der Waals surface area contributed by atoms with E-state index in [1.807, 2.05) is 20.8 Å². The fourth-order valence-electron chi connectivity index (χ4n) is 3.38. The van der Waals surface area contributed by atoms with Crippen LogP contribution in [0.15, 0.2) is 28.7 Å². The second kappa shape index (κ2) is 9.22. The minimum atomic E-state index is -4.64. The topological polar surface area (TPSA) is 124 Å². The SMILES string of the molecule is COc1ccc(-c2nc(C(=O)N[C@H](CO)C(C)(C)C)c([C@H](C)N)o2)c2ccc(C(F)(F)F)nc12. The second-order valence-corrected chi connectivity index (χ2v) is 9.00. The van der Waals surface area contributed by atoms with Gasteiger partial charge in [0.1, 0.15) is 17.0 Å². The maximum absolute atomic E-state index is 13.2. The smallest absolute Gasteiger partial charge is 0.433 e. The second-order valence-electron chi connectivity index (χ2n) is 9.00. The van der Waals surface area contributed by atoms with Gasteiger partial charge in [-0.2, -0.15) is 13.2 Å². The molecule has 0 saturated carbocycles. The van der Waals surface area contributed by atoms with Gasteiger partial charge in [-0.05, 0) is 36.6 Å². The summed E-state index contributed by atoms with van der Waals surface area (Å²) >= 11 is 0. The molecule has 0 bridgehead atoms. The number of pyridine rings is 1. The Morgan fingerprint density at radius 3 is 2.41 bits per heavy atom. The van der Waals surface area contributed by atoms with Crippen molar-refractivity contribution in [2.24, 2.45) is 11.1 Å². The quantitative estimate of drug-likeness (QED) is 0.486. The molecule has 0 unspecified atom stereocenters. The van der Waals surface area contributed by atoms with Gasteiger partial charge in [-0.25, -0.2) is 9.97 Å². The van der Waals surface area contributed by atoms with Crippen LogP contribution in [-0.2, 0) is 6.18 Å². The van der Waals surface area contributed by atoms with Crippen LogP contribution in [-0.4, -0.2) is 40.7 Å². The molecular weight excluding hydrogens is 453 g/mol. The molecular formula is C23H27F3N4O4. The molecule has 2 heterocycles. The molecule has 11 heteroatoms. The van der Waals surface area contributed by atoms with E-state index in [-0.39, 0.29) is 35.2 Å². The van der Waals surface area contributed by atoms with E-state index in [1.165, 1.54) is 19.2 Å². The van der Waals surface area contributed by atoms with Crippen molar-refractivity contribution in [2.45, 2.75) is 46.0 Å². The number of benzene rings is 1. The van der Waals surface area contributed by atoms with Crippen molar-refractivity contribution in [3.63, 3.8) is 0 Å². The summed E-state index contributed by atoms with van der Waals surface area (Å²) < 4.78 is 50.7. The van der Waals surface area contributed by atoms with Crippen LogP contribution >= 0.6 is 0 Å². The lowest BCUT2D eigenvalue weighted by Crippen LogP contribution is -2.46. The van der Waals surface area contributed by atoms with E-state index in [9.17, 15) is 23.1 Å². The number of oxazole rings is 1. The number of alkyl halides is 3. The average Bonchev–Trinajstić information content (AvgIpc) is 3.20. The number of aliphatic hydroxyl groups excluding tert-OH is 1. The van der Waals surface area contributed by atoms with Crippen LogP contribution in [0.5, 0.6) is 5.75 Å². The number of rotatable bonds is 6. The lowest BCUT2D eigenvalue weighted by Gasteiger charge is -2.29. The summed E-state index contributed by atoms with van der Waals surface area (Å²) in [5.74, 6) is -0.366. The molecule has 0 aliphatic rings. The van der Waals surface area contributed by atoms with Crippen molar-refractivity contribution in [1.82, 2.24) is 15.3 Å². The van der Waals surface area contributed by atoms with Crippen LogP contribution in [0.2, 0.25) is 0 Å². The predicted molar refractivity (Wildman–Crippen MR) is 119 cm³/mol. The summed E-state index contributed by atoms with van der Waals surface area (Å²) in [6.45, 7) is 6.91. The number of nitrogens with two attached hydrogens (primary N) is 1. The number of aliphatic hydroxyl groups is 1. The molecule has 3 rings (SSSR count). The molecule has 3 aromatic rings. The molecule has 0 saturated heterocycles. The number of hydrogen-bond donors (Lipinski definition) is 3. The van der Waals surface area contributed by atoms with Crippen LogP contribution < -0.4 is 15.8 Å². The van der Waals surface area contributed by atoms with Gasteiger partial charge in [0.25, 0.3) is 5.91 Å². The van der Waals surface area contributed by atoms with Gasteiger partial charge in [-0.1, -0.05) is 20.8 Å². The van der Waals surface area contributed by atoms with Crippen LogP contribution in [0.4, 0.5) is 13.2 Å². The van der Waals surface area contributed by atoms with Gasteiger partial charge in [-0.3, -0.25) is 4.79 Å². The minimum Gasteiger partial charge on any atom is -0.494 e. The lowest BCUT2D eigenvalue weighted by molar-refractivity contribution is -0.140. The molecule has 1 aromatic carbocycles. The molecule has 2 aromatic heterocycles. The highest BCUT2D eigenvalue weighted by Gasteiger charge is 2.34. The molecule has 4 N–H and O–H groups in total. The first-order valence-corrected chi connectivity index (χ1v) is 10.5. The lowest BCUT2D eigenvalue weighted by atomic mass is 9.87. The van der Waals surface area contributed by atoms with Gasteiger partial charge in [-0.15, -0.1) is 0 Å². The molecule has 1 amide bonds. The molecule has 184 valence electrons. The molecule has 0 radical (unpaired) electrons. The zero-order valence-corrected chi connectivity index (χ0v) is 19.4. The number of aromatic nitrogens is 2. The summed E-state index contributed by atoms with van der Waals surface area (Å²) in [6, 6.07) is 3.84. The van der Waals surface area contributed by atoms with E-state index in [0.29, 0.717) is 10.9 Å². The number of carbonyl (C=O) groups is 1. The third-order valence-electron chi connectivity index (χ3n) is 5.38. The molecule has 2 atom stereocenters. The fraction of sp³-hybridized carbons (Fsp3) is 0.435. The van der Waals surface area contributed by atoms with Crippen LogP contribution in [0, 0.1) is 5.41 Å². The Morgan fingerprint density at radius 2 is 1.88 bits per heavy atom. The van der Waals surface area contributed by atoms with E-state index in [4.69, 9.17) is 14.9 Å². The maximum atomic E-state index is 13.2. The Labute approximate surface area is 194 Å². The van der Waals surface area contributed by atoms with Crippen LogP contribution in [0.3, 0.4) is 0 Å². The maximum Gasteiger partial charge on any atom is 0.433 e. The summed E-state index contributed by atoms with van der Waals surface area (Å²) in [6.07, 6.45) is -4.64. The van der Waals surface area contributed by atoms with Crippen LogP contribution in [0.25, 0.3) is 22.4 Å². The Morgan fingerprint density at radius 1 is 1.21 bits per heavy atom. The van der Waals surface area contributed by atoms with E-state index in [2.05, 4.69) is 15.3 Å². The van der Waals surface area contributed by atoms with Crippen molar-refractivity contribution in [3.8, 4) is 17.2 Å². The van der Waals surface area contributed by atoms with Gasteiger partial charge in [0.05, 0.1) is 25.8 Å². The average molecular weight is 480 g/mol. The predicted octanol–water partition coefficient (Wildman–Crippen LogP) is 4.07. The molecule has 0 spiro atoms. The first kappa shape index (κ1) is 25.4. The number of hydrogen-bond acceptors (Lipinski definition) is 7. The first-order valence-electron chi connectivity index (χ1n) is 10.5. The van der Waals surface area contributed by atoms with E-state index >= 15 is 0 Å². The van der Waals surface area contributed by atoms with E-state index < -0.39 is 35.3 Å². The van der Waals surface area contributed by atoms with Crippen molar-refractivity contribution in [2.75, 3.05) is 13.7 Å². The number of nitrogens with zero attached hydrogens (tertiary/aromatic N) is 2. The number of halogens is 3. The number of ether oxygens (including phenoxy) is 1. The number of fused-ring (bicyclic) bond motifs is 1. The highest BCUT2D eigenvalue weighted by atomic mass is 19.4. The highest BCUT2D eigenvalue weighted by Crippen LogP contribution is 2.37. The van der Waals surface area contributed by atoms with E-state index in [0.717, 1.165) is 6.07 Å². The zero-order valence-electron chi connectivity index (χ0n) is 19.4. The number of nitrogens with one attached hydrogen (secondary N) is 1. The third-order valence-corrected chi connectivity index (χ3v) is 5.38. The first-order chi connectivity index (χ1) is 15.8.